The molecule has 0 bridgehead atoms. The molecule has 0 saturated carbocycles. The third-order valence-corrected chi connectivity index (χ3v) is 3.12. The first kappa shape index (κ1) is 9.66. The van der Waals surface area contributed by atoms with Crippen molar-refractivity contribution < 1.29 is 10.2 Å². The van der Waals surface area contributed by atoms with Gasteiger partial charge in [0, 0.05) is 11.6 Å². The summed E-state index contributed by atoms with van der Waals surface area (Å²) in [6.07, 6.45) is 0. The molecule has 3 nitrogen and oxygen atoms in total. The van der Waals surface area contributed by atoms with Gasteiger partial charge in [0.05, 0.1) is 10.6 Å². The SMILES string of the molecule is [O-][NH+]1c2ccccc2-c2ccc(Cl)c(O)c21. The fourth-order valence-electron chi connectivity index (χ4n) is 2.07. The van der Waals surface area contributed by atoms with E-state index in [0.29, 0.717) is 11.4 Å². The second-order valence-corrected chi connectivity index (χ2v) is 4.10. The molecule has 3 rings (SSSR count). The Hall–Kier alpha value is -1.55. The molecule has 80 valence electrons. The van der Waals surface area contributed by atoms with E-state index in [1.165, 1.54) is 0 Å². The fraction of sp³-hybridized carbons (Fsp3) is 0. The zero-order chi connectivity index (χ0) is 11.3. The van der Waals surface area contributed by atoms with Gasteiger partial charge < -0.3 is 15.4 Å². The van der Waals surface area contributed by atoms with Crippen LogP contribution in [0.1, 0.15) is 0 Å². The maximum Gasteiger partial charge on any atom is 0.197 e. The molecule has 0 spiro atoms. The van der Waals surface area contributed by atoms with Gasteiger partial charge >= 0.3 is 0 Å². The third kappa shape index (κ3) is 1.10. The van der Waals surface area contributed by atoms with E-state index in [-0.39, 0.29) is 15.8 Å². The molecule has 2 aromatic carbocycles. The maximum absolute atomic E-state index is 12.0. The number of phenolic OH excluding ortho intramolecular Hbond substituents is 1. The van der Waals surface area contributed by atoms with Crippen molar-refractivity contribution in [3.63, 3.8) is 0 Å². The van der Waals surface area contributed by atoms with Crippen molar-refractivity contribution in [1.82, 2.24) is 0 Å². The number of fused-ring (bicyclic) bond motifs is 3. The van der Waals surface area contributed by atoms with Gasteiger partial charge in [0.15, 0.2) is 11.4 Å². The molecule has 1 aliphatic heterocycles. The van der Waals surface area contributed by atoms with Gasteiger partial charge in [-0.3, -0.25) is 0 Å². The number of phenols is 1. The standard InChI is InChI=1S/C12H8ClNO2/c13-9-6-5-8-7-3-1-2-4-10(7)14(16)11(8)12(9)15/h1-6,14-15H. The van der Waals surface area contributed by atoms with Crippen molar-refractivity contribution in [2.24, 2.45) is 0 Å². The molecule has 0 aliphatic carbocycles. The van der Waals surface area contributed by atoms with E-state index in [4.69, 9.17) is 11.6 Å². The number of hydrogen-bond donors (Lipinski definition) is 2. The van der Waals surface area contributed by atoms with Crippen LogP contribution in [0, 0.1) is 5.21 Å². The minimum absolute atomic E-state index is 0.125. The molecule has 1 atom stereocenters. The molecule has 1 heterocycles. The van der Waals surface area contributed by atoms with Crippen molar-refractivity contribution in [3.05, 3.63) is 46.6 Å². The van der Waals surface area contributed by atoms with E-state index >= 15 is 0 Å². The zero-order valence-corrected chi connectivity index (χ0v) is 8.95. The first-order valence-electron chi connectivity index (χ1n) is 4.85. The van der Waals surface area contributed by atoms with Crippen LogP contribution >= 0.6 is 11.6 Å². The molecule has 0 aromatic heterocycles. The molecule has 1 unspecified atom stereocenters. The highest BCUT2D eigenvalue weighted by atomic mass is 35.5. The Balaban J connectivity index is 2.37. The van der Waals surface area contributed by atoms with Gasteiger partial charge in [-0.2, -0.15) is 0 Å². The normalized spacial score (nSPS) is 17.0. The lowest BCUT2D eigenvalue weighted by molar-refractivity contribution is -0.694. The predicted octanol–water partition coefficient (Wildman–Crippen LogP) is 2.37. The molecule has 4 heteroatoms. The molecule has 0 amide bonds. The Morgan fingerprint density at radius 3 is 2.62 bits per heavy atom. The second kappa shape index (κ2) is 3.22. The molecule has 0 fully saturated rings. The van der Waals surface area contributed by atoms with Crippen molar-refractivity contribution in [1.29, 1.82) is 0 Å². The van der Waals surface area contributed by atoms with Crippen LogP contribution in [0.3, 0.4) is 0 Å². The molecule has 1 aliphatic rings. The summed E-state index contributed by atoms with van der Waals surface area (Å²) in [5, 5.41) is 21.9. The van der Waals surface area contributed by atoms with Crippen LogP contribution in [-0.2, 0) is 0 Å². The van der Waals surface area contributed by atoms with Gasteiger partial charge in [-0.25, -0.2) is 0 Å². The molecule has 2 aromatic rings. The average molecular weight is 234 g/mol. The minimum atomic E-state index is -0.161. The van der Waals surface area contributed by atoms with E-state index in [9.17, 15) is 10.3 Å². The highest BCUT2D eigenvalue weighted by molar-refractivity contribution is 6.32. The van der Waals surface area contributed by atoms with Crippen LogP contribution in [0.4, 0.5) is 11.4 Å². The van der Waals surface area contributed by atoms with Gasteiger partial charge in [-0.15, -0.1) is 0 Å². The van der Waals surface area contributed by atoms with Crippen molar-refractivity contribution >= 4 is 23.0 Å². The third-order valence-electron chi connectivity index (χ3n) is 2.82. The quantitative estimate of drug-likeness (QED) is 0.542. The van der Waals surface area contributed by atoms with Crippen LogP contribution in [0.25, 0.3) is 11.1 Å². The molecule has 16 heavy (non-hydrogen) atoms. The zero-order valence-electron chi connectivity index (χ0n) is 8.20. The summed E-state index contributed by atoms with van der Waals surface area (Å²) in [7, 11) is 0. The molecule has 0 radical (unpaired) electrons. The number of benzene rings is 2. The summed E-state index contributed by atoms with van der Waals surface area (Å²) < 4.78 is 0. The highest BCUT2D eigenvalue weighted by Gasteiger charge is 2.30. The number of halogens is 1. The first-order valence-corrected chi connectivity index (χ1v) is 5.23. The largest absolute Gasteiger partial charge is 0.623 e. The number of nitrogens with one attached hydrogen (secondary N) is 1. The summed E-state index contributed by atoms with van der Waals surface area (Å²) in [4.78, 5) is 0. The van der Waals surface area contributed by atoms with Gasteiger partial charge in [-0.05, 0) is 18.2 Å². The second-order valence-electron chi connectivity index (χ2n) is 3.69. The average Bonchev–Trinajstić information content (AvgIpc) is 2.59. The van der Waals surface area contributed by atoms with E-state index in [2.05, 4.69) is 0 Å². The van der Waals surface area contributed by atoms with E-state index < -0.39 is 0 Å². The van der Waals surface area contributed by atoms with E-state index in [0.717, 1.165) is 11.1 Å². The first-order chi connectivity index (χ1) is 7.70. The van der Waals surface area contributed by atoms with Gasteiger partial charge in [0.25, 0.3) is 0 Å². The highest BCUT2D eigenvalue weighted by Crippen LogP contribution is 2.44. The number of quaternary nitrogens is 1. The van der Waals surface area contributed by atoms with Crippen molar-refractivity contribution in [2.45, 2.75) is 0 Å². The number of aromatic hydroxyl groups is 1. The molecule has 2 N–H and O–H groups in total. The fourth-order valence-corrected chi connectivity index (χ4v) is 2.23. The topological polar surface area (TPSA) is 47.7 Å². The lowest BCUT2D eigenvalue weighted by atomic mass is 10.1. The molecular weight excluding hydrogens is 226 g/mol. The Kier molecular flexibility index (Phi) is 1.94. The Bertz CT molecular complexity index is 583. The van der Waals surface area contributed by atoms with E-state index in [1.54, 1.807) is 24.3 Å². The Morgan fingerprint density at radius 1 is 1.06 bits per heavy atom. The Labute approximate surface area is 97.1 Å². The Morgan fingerprint density at radius 2 is 1.81 bits per heavy atom. The smallest absolute Gasteiger partial charge is 0.197 e. The summed E-state index contributed by atoms with van der Waals surface area (Å²) in [6, 6.07) is 10.7. The molecular formula is C12H8ClNO2. The molecule has 0 saturated heterocycles. The van der Waals surface area contributed by atoms with Crippen LogP contribution in [0.2, 0.25) is 5.02 Å². The van der Waals surface area contributed by atoms with Crippen LogP contribution < -0.4 is 5.06 Å². The van der Waals surface area contributed by atoms with Crippen LogP contribution in [-0.4, -0.2) is 5.11 Å². The lowest BCUT2D eigenvalue weighted by Crippen LogP contribution is -2.95. The minimum Gasteiger partial charge on any atom is -0.623 e. The monoisotopic (exact) mass is 233 g/mol. The summed E-state index contributed by atoms with van der Waals surface area (Å²) in [5.41, 5.74) is 2.54. The summed E-state index contributed by atoms with van der Waals surface area (Å²) in [6.45, 7) is 0. The number of hydrogen-bond acceptors (Lipinski definition) is 2. The summed E-state index contributed by atoms with van der Waals surface area (Å²) in [5.74, 6) is -0.125. The number of para-hydroxylation sites is 1. The van der Waals surface area contributed by atoms with Crippen molar-refractivity contribution in [2.75, 3.05) is 0 Å². The maximum atomic E-state index is 12.0. The van der Waals surface area contributed by atoms with Crippen LogP contribution in [0.15, 0.2) is 36.4 Å². The predicted molar refractivity (Wildman–Crippen MR) is 62.2 cm³/mol. The van der Waals surface area contributed by atoms with Crippen molar-refractivity contribution in [3.8, 4) is 16.9 Å². The summed E-state index contributed by atoms with van der Waals surface area (Å²) >= 11 is 5.80. The van der Waals surface area contributed by atoms with Gasteiger partial charge in [0.2, 0.25) is 0 Å². The van der Waals surface area contributed by atoms with Gasteiger partial charge in [-0.1, -0.05) is 23.7 Å². The van der Waals surface area contributed by atoms with Crippen LogP contribution in [0.5, 0.6) is 5.75 Å². The lowest BCUT2D eigenvalue weighted by Gasteiger charge is -2.17. The number of rotatable bonds is 0. The van der Waals surface area contributed by atoms with Gasteiger partial charge in [0.1, 0.15) is 5.69 Å². The van der Waals surface area contributed by atoms with E-state index in [1.807, 2.05) is 12.1 Å².